The van der Waals surface area contributed by atoms with Gasteiger partial charge in [-0.05, 0) is 19.1 Å². The molecule has 0 aromatic rings. The number of carbonyl (C=O) groups excluding carboxylic acids is 1. The van der Waals surface area contributed by atoms with Gasteiger partial charge in [-0.15, -0.1) is 0 Å². The van der Waals surface area contributed by atoms with Gasteiger partial charge in [0.1, 0.15) is 0 Å². The molecule has 0 aliphatic carbocycles. The maximum absolute atomic E-state index is 10.3. The summed E-state index contributed by atoms with van der Waals surface area (Å²) in [6.07, 6.45) is 1.38. The highest BCUT2D eigenvalue weighted by atomic mass is 32.1. The molecular weight excluding hydrogens is 124 g/mol. The Bertz CT molecular complexity index is 181. The van der Waals surface area contributed by atoms with Crippen molar-refractivity contribution in [3.8, 4) is 0 Å². The molecule has 2 nitrogen and oxygen atoms in total. The predicted octanol–water partition coefficient (Wildman–Crippen LogP) is 0.817. The molecule has 0 atom stereocenters. The van der Waals surface area contributed by atoms with Crippen molar-refractivity contribution in [1.29, 1.82) is 0 Å². The molecule has 0 N–H and O–H groups in total. The van der Waals surface area contributed by atoms with Crippen LogP contribution in [0.15, 0.2) is 11.6 Å². The molecule has 1 heterocycles. The zero-order valence-electron chi connectivity index (χ0n) is 4.30. The Morgan fingerprint density at radius 1 is 1.75 bits per heavy atom. The Labute approximate surface area is 52.1 Å². The summed E-state index contributed by atoms with van der Waals surface area (Å²) in [6, 6.07) is 0. The van der Waals surface area contributed by atoms with E-state index in [1.165, 1.54) is 6.08 Å². The average Bonchev–Trinajstić information content (AvgIpc) is 1.85. The smallest absolute Gasteiger partial charge is 0.337 e. The highest BCUT2D eigenvalue weighted by Crippen LogP contribution is 2.07. The monoisotopic (exact) mass is 128 g/mol. The second-order valence-corrected chi connectivity index (χ2v) is 1.91. The van der Waals surface area contributed by atoms with Gasteiger partial charge in [0.15, 0.2) is 5.05 Å². The molecule has 0 radical (unpaired) electrons. The molecule has 0 aromatic carbocycles. The highest BCUT2D eigenvalue weighted by molar-refractivity contribution is 7.80. The van der Waals surface area contributed by atoms with Crippen LogP contribution < -0.4 is 0 Å². The Balaban J connectivity index is 2.88. The van der Waals surface area contributed by atoms with E-state index < -0.39 is 0 Å². The SMILES string of the molecule is CC1=CC(=O)OC1=S. The Morgan fingerprint density at radius 2 is 2.38 bits per heavy atom. The van der Waals surface area contributed by atoms with Crippen LogP contribution in [0.1, 0.15) is 6.92 Å². The highest BCUT2D eigenvalue weighted by Gasteiger charge is 2.14. The largest absolute Gasteiger partial charge is 0.411 e. The summed E-state index contributed by atoms with van der Waals surface area (Å²) in [4.78, 5) is 10.3. The molecule has 1 rings (SSSR count). The fourth-order valence-electron chi connectivity index (χ4n) is 0.437. The number of hydrogen-bond acceptors (Lipinski definition) is 3. The van der Waals surface area contributed by atoms with Gasteiger partial charge in [-0.3, -0.25) is 0 Å². The van der Waals surface area contributed by atoms with Crippen LogP contribution in [-0.4, -0.2) is 11.0 Å². The van der Waals surface area contributed by atoms with Crippen LogP contribution in [0.5, 0.6) is 0 Å². The van der Waals surface area contributed by atoms with E-state index in [4.69, 9.17) is 0 Å². The number of cyclic esters (lactones) is 1. The van der Waals surface area contributed by atoms with Crippen molar-refractivity contribution in [3.05, 3.63) is 11.6 Å². The lowest BCUT2D eigenvalue weighted by molar-refractivity contribution is -0.129. The van der Waals surface area contributed by atoms with E-state index in [2.05, 4.69) is 17.0 Å². The zero-order chi connectivity index (χ0) is 6.15. The van der Waals surface area contributed by atoms with Crippen LogP contribution in [0.3, 0.4) is 0 Å². The summed E-state index contributed by atoms with van der Waals surface area (Å²) in [5.74, 6) is -0.354. The van der Waals surface area contributed by atoms with E-state index in [0.717, 1.165) is 5.57 Å². The molecule has 1 aliphatic heterocycles. The lowest BCUT2D eigenvalue weighted by atomic mass is 10.3. The maximum Gasteiger partial charge on any atom is 0.337 e. The van der Waals surface area contributed by atoms with E-state index >= 15 is 0 Å². The molecule has 0 amide bonds. The third-order valence-electron chi connectivity index (χ3n) is 0.850. The number of rotatable bonds is 0. The van der Waals surface area contributed by atoms with Crippen LogP contribution in [0, 0.1) is 0 Å². The third kappa shape index (κ3) is 0.767. The van der Waals surface area contributed by atoms with Crippen LogP contribution in [0.25, 0.3) is 0 Å². The number of ether oxygens (including phenoxy) is 1. The first-order chi connectivity index (χ1) is 3.70. The molecule has 0 saturated carbocycles. The van der Waals surface area contributed by atoms with Gasteiger partial charge in [0.05, 0.1) is 0 Å². The molecular formula is C5H4O2S. The molecule has 8 heavy (non-hydrogen) atoms. The molecule has 0 aromatic heterocycles. The topological polar surface area (TPSA) is 26.3 Å². The Hall–Kier alpha value is -0.700. The van der Waals surface area contributed by atoms with Crippen LogP contribution in [0.2, 0.25) is 0 Å². The van der Waals surface area contributed by atoms with Crippen LogP contribution in [0.4, 0.5) is 0 Å². The van der Waals surface area contributed by atoms with Crippen molar-refractivity contribution in [1.82, 2.24) is 0 Å². The third-order valence-corrected chi connectivity index (χ3v) is 1.25. The summed E-state index contributed by atoms with van der Waals surface area (Å²) in [5, 5.41) is 0.301. The first-order valence-electron chi connectivity index (χ1n) is 2.14. The fraction of sp³-hybridized carbons (Fsp3) is 0.200. The minimum atomic E-state index is -0.354. The minimum absolute atomic E-state index is 0.301. The van der Waals surface area contributed by atoms with Gasteiger partial charge in [0, 0.05) is 11.6 Å². The molecule has 1 aliphatic rings. The molecule has 42 valence electrons. The van der Waals surface area contributed by atoms with Crippen molar-refractivity contribution >= 4 is 23.2 Å². The summed E-state index contributed by atoms with van der Waals surface area (Å²) >= 11 is 4.61. The molecule has 0 saturated heterocycles. The van der Waals surface area contributed by atoms with Gasteiger partial charge in [0.25, 0.3) is 0 Å². The predicted molar refractivity (Wildman–Crippen MR) is 32.4 cm³/mol. The van der Waals surface area contributed by atoms with Gasteiger partial charge in [-0.25, -0.2) is 4.79 Å². The van der Waals surface area contributed by atoms with Gasteiger partial charge in [-0.2, -0.15) is 0 Å². The molecule has 0 fully saturated rings. The Morgan fingerprint density at radius 3 is 2.50 bits per heavy atom. The van der Waals surface area contributed by atoms with E-state index in [1.54, 1.807) is 6.92 Å². The number of esters is 1. The second kappa shape index (κ2) is 1.67. The van der Waals surface area contributed by atoms with Gasteiger partial charge in [0.2, 0.25) is 0 Å². The average molecular weight is 128 g/mol. The van der Waals surface area contributed by atoms with E-state index in [-0.39, 0.29) is 5.97 Å². The summed E-state index contributed by atoms with van der Waals surface area (Å²) in [7, 11) is 0. The van der Waals surface area contributed by atoms with Crippen molar-refractivity contribution in [2.45, 2.75) is 6.92 Å². The lowest BCUT2D eigenvalue weighted by Gasteiger charge is -1.88. The standard InChI is InChI=1S/C5H4O2S/c1-3-2-4(6)7-5(3)8/h2H,1H3. The lowest BCUT2D eigenvalue weighted by Crippen LogP contribution is -1.96. The summed E-state index contributed by atoms with van der Waals surface area (Å²) in [6.45, 7) is 1.74. The zero-order valence-corrected chi connectivity index (χ0v) is 5.12. The van der Waals surface area contributed by atoms with Crippen molar-refractivity contribution in [2.75, 3.05) is 0 Å². The quantitative estimate of drug-likeness (QED) is 0.357. The molecule has 0 spiro atoms. The normalized spacial score (nSPS) is 18.4. The van der Waals surface area contributed by atoms with Crippen molar-refractivity contribution in [2.24, 2.45) is 0 Å². The van der Waals surface area contributed by atoms with E-state index in [0.29, 0.717) is 5.05 Å². The summed E-state index contributed by atoms with van der Waals surface area (Å²) in [5.41, 5.74) is 0.741. The number of thiocarbonyl (C=S) groups is 1. The molecule has 0 bridgehead atoms. The fourth-order valence-corrected chi connectivity index (χ4v) is 0.578. The second-order valence-electron chi connectivity index (χ2n) is 1.54. The number of carbonyl (C=O) groups is 1. The first kappa shape index (κ1) is 5.44. The maximum atomic E-state index is 10.3. The first-order valence-corrected chi connectivity index (χ1v) is 2.55. The number of hydrogen-bond donors (Lipinski definition) is 0. The molecule has 3 heteroatoms. The van der Waals surface area contributed by atoms with E-state index in [9.17, 15) is 4.79 Å². The van der Waals surface area contributed by atoms with Gasteiger partial charge in [-0.1, -0.05) is 0 Å². The minimum Gasteiger partial charge on any atom is -0.411 e. The van der Waals surface area contributed by atoms with Crippen LogP contribution >= 0.6 is 12.2 Å². The van der Waals surface area contributed by atoms with Gasteiger partial charge < -0.3 is 4.74 Å². The molecule has 0 unspecified atom stereocenters. The van der Waals surface area contributed by atoms with Crippen LogP contribution in [-0.2, 0) is 9.53 Å². The Kier molecular flexibility index (Phi) is 1.13. The van der Waals surface area contributed by atoms with Crippen molar-refractivity contribution in [3.63, 3.8) is 0 Å². The van der Waals surface area contributed by atoms with Crippen molar-refractivity contribution < 1.29 is 9.53 Å². The van der Waals surface area contributed by atoms with E-state index in [1.807, 2.05) is 0 Å². The van der Waals surface area contributed by atoms with Gasteiger partial charge >= 0.3 is 5.97 Å². The summed E-state index contributed by atoms with van der Waals surface area (Å²) < 4.78 is 4.47.